The summed E-state index contributed by atoms with van der Waals surface area (Å²) in [5, 5.41) is 5.21. The lowest BCUT2D eigenvalue weighted by molar-refractivity contribution is 0.308. The molecule has 0 saturated heterocycles. The lowest BCUT2D eigenvalue weighted by atomic mass is 10.0. The molecule has 1 unspecified atom stereocenters. The first-order valence-corrected chi connectivity index (χ1v) is 8.70. The molecule has 2 aliphatic heterocycles. The number of aryl methyl sites for hydroxylation is 1. The fraction of sp³-hybridized carbons (Fsp3) is 0.350. The summed E-state index contributed by atoms with van der Waals surface area (Å²) in [4.78, 5) is 6.60. The predicted octanol–water partition coefficient (Wildman–Crippen LogP) is 3.50. The Hall–Kier alpha value is -2.33. The van der Waals surface area contributed by atoms with Crippen LogP contribution in [0.3, 0.4) is 0 Å². The van der Waals surface area contributed by atoms with Crippen LogP contribution in [0.4, 0.5) is 5.69 Å². The molecule has 24 heavy (non-hydrogen) atoms. The Morgan fingerprint density at radius 1 is 1.21 bits per heavy atom. The fourth-order valence-corrected chi connectivity index (χ4v) is 4.37. The maximum Gasteiger partial charge on any atom is 0.0722 e. The maximum atomic E-state index is 4.17. The van der Waals surface area contributed by atoms with E-state index in [1.807, 2.05) is 12.4 Å². The third kappa shape index (κ3) is 1.99. The van der Waals surface area contributed by atoms with Gasteiger partial charge in [-0.3, -0.25) is 4.98 Å². The van der Waals surface area contributed by atoms with Gasteiger partial charge in [0.15, 0.2) is 0 Å². The van der Waals surface area contributed by atoms with Gasteiger partial charge in [0.2, 0.25) is 0 Å². The summed E-state index contributed by atoms with van der Waals surface area (Å²) in [7, 11) is 2.22. The van der Waals surface area contributed by atoms with Crippen molar-refractivity contribution in [1.82, 2.24) is 14.5 Å². The Balaban J connectivity index is 1.72. The van der Waals surface area contributed by atoms with Crippen LogP contribution in [0.1, 0.15) is 28.4 Å². The standard InChI is InChI=1S/C20H22N4/c1-13-9-15-16-11-23(2)8-5-19(16)24-12-18(14-3-6-21-7-4-14)22-17(10-13)20(15)24/h3-4,6-7,9-10,18,22H,5,8,11-12H2,1-2H3. The molecule has 2 aliphatic rings. The first-order chi connectivity index (χ1) is 11.7. The fourth-order valence-electron chi connectivity index (χ4n) is 4.37. The van der Waals surface area contributed by atoms with E-state index in [0.29, 0.717) is 6.04 Å². The average Bonchev–Trinajstić information content (AvgIpc) is 2.90. The summed E-state index contributed by atoms with van der Waals surface area (Å²) in [6.45, 7) is 5.40. The van der Waals surface area contributed by atoms with Gasteiger partial charge in [-0.2, -0.15) is 0 Å². The van der Waals surface area contributed by atoms with Crippen LogP contribution >= 0.6 is 0 Å². The van der Waals surface area contributed by atoms with Crippen LogP contribution < -0.4 is 5.32 Å². The number of benzene rings is 1. The Morgan fingerprint density at radius 2 is 2.04 bits per heavy atom. The Morgan fingerprint density at radius 3 is 2.88 bits per heavy atom. The van der Waals surface area contributed by atoms with Crippen LogP contribution in [0, 0.1) is 6.92 Å². The zero-order valence-corrected chi connectivity index (χ0v) is 14.2. The van der Waals surface area contributed by atoms with Crippen LogP contribution in [0.25, 0.3) is 10.9 Å². The molecule has 1 aromatic carbocycles. The van der Waals surface area contributed by atoms with E-state index in [9.17, 15) is 0 Å². The van der Waals surface area contributed by atoms with Crippen molar-refractivity contribution in [2.24, 2.45) is 0 Å². The van der Waals surface area contributed by atoms with Crippen LogP contribution in [-0.2, 0) is 19.5 Å². The normalized spacial score (nSPS) is 20.0. The molecule has 3 aromatic rings. The number of aromatic nitrogens is 2. The SMILES string of the molecule is Cc1cc2c3c(c1)c1c(n3CC(c3ccncc3)N2)CCN(C)C1. The molecule has 0 fully saturated rings. The molecule has 0 aliphatic carbocycles. The van der Waals surface area contributed by atoms with Gasteiger partial charge in [0, 0.05) is 49.5 Å². The maximum absolute atomic E-state index is 4.17. The summed E-state index contributed by atoms with van der Waals surface area (Å²) < 4.78 is 2.58. The number of hydrogen-bond donors (Lipinski definition) is 1. The molecule has 5 rings (SSSR count). The number of likely N-dealkylation sites (N-methyl/N-ethyl adjacent to an activating group) is 1. The van der Waals surface area contributed by atoms with Crippen LogP contribution in [0.15, 0.2) is 36.7 Å². The highest BCUT2D eigenvalue weighted by Gasteiger charge is 2.29. The second-order valence-corrected chi connectivity index (χ2v) is 7.21. The van der Waals surface area contributed by atoms with Crippen molar-refractivity contribution in [2.75, 3.05) is 18.9 Å². The molecule has 4 heteroatoms. The van der Waals surface area contributed by atoms with Gasteiger partial charge in [-0.05, 0) is 54.9 Å². The Bertz CT molecular complexity index is 926. The van der Waals surface area contributed by atoms with E-state index in [2.05, 4.69) is 58.0 Å². The summed E-state index contributed by atoms with van der Waals surface area (Å²) in [6, 6.07) is 9.21. The van der Waals surface area contributed by atoms with E-state index < -0.39 is 0 Å². The van der Waals surface area contributed by atoms with Crippen LogP contribution in [-0.4, -0.2) is 28.0 Å². The summed E-state index contributed by atoms with van der Waals surface area (Å²) >= 11 is 0. The third-order valence-corrected chi connectivity index (χ3v) is 5.49. The number of rotatable bonds is 1. The molecule has 1 atom stereocenters. The molecule has 0 amide bonds. The van der Waals surface area contributed by atoms with E-state index in [1.165, 1.54) is 39.0 Å². The number of hydrogen-bond acceptors (Lipinski definition) is 3. The second kappa shape index (κ2) is 5.08. The van der Waals surface area contributed by atoms with Gasteiger partial charge in [-0.15, -0.1) is 0 Å². The van der Waals surface area contributed by atoms with Crippen molar-refractivity contribution in [3.8, 4) is 0 Å². The number of anilines is 1. The van der Waals surface area contributed by atoms with E-state index >= 15 is 0 Å². The van der Waals surface area contributed by atoms with Gasteiger partial charge in [-0.25, -0.2) is 0 Å². The van der Waals surface area contributed by atoms with E-state index in [4.69, 9.17) is 0 Å². The molecule has 4 heterocycles. The number of pyridine rings is 1. The summed E-state index contributed by atoms with van der Waals surface area (Å²) in [5.41, 5.74) is 8.37. The molecule has 4 nitrogen and oxygen atoms in total. The second-order valence-electron chi connectivity index (χ2n) is 7.21. The van der Waals surface area contributed by atoms with E-state index in [1.54, 1.807) is 0 Å². The minimum Gasteiger partial charge on any atom is -0.375 e. The monoisotopic (exact) mass is 318 g/mol. The van der Waals surface area contributed by atoms with Gasteiger partial charge >= 0.3 is 0 Å². The first-order valence-electron chi connectivity index (χ1n) is 8.70. The Kier molecular flexibility index (Phi) is 2.98. The van der Waals surface area contributed by atoms with Gasteiger partial charge < -0.3 is 14.8 Å². The van der Waals surface area contributed by atoms with Crippen molar-refractivity contribution in [3.05, 3.63) is 59.0 Å². The van der Waals surface area contributed by atoms with Crippen LogP contribution in [0.5, 0.6) is 0 Å². The third-order valence-electron chi connectivity index (χ3n) is 5.49. The summed E-state index contributed by atoms with van der Waals surface area (Å²) in [5.74, 6) is 0. The molecular formula is C20H22N4. The van der Waals surface area contributed by atoms with Crippen molar-refractivity contribution >= 4 is 16.6 Å². The van der Waals surface area contributed by atoms with Gasteiger partial charge in [0.1, 0.15) is 0 Å². The van der Waals surface area contributed by atoms with Crippen molar-refractivity contribution in [3.63, 3.8) is 0 Å². The molecule has 1 N–H and O–H groups in total. The number of fused-ring (bicyclic) bond motifs is 3. The minimum absolute atomic E-state index is 0.307. The molecule has 0 spiro atoms. The molecule has 0 radical (unpaired) electrons. The number of nitrogens with zero attached hydrogens (tertiary/aromatic N) is 3. The van der Waals surface area contributed by atoms with Gasteiger partial charge in [-0.1, -0.05) is 0 Å². The molecular weight excluding hydrogens is 296 g/mol. The quantitative estimate of drug-likeness (QED) is 0.745. The van der Waals surface area contributed by atoms with Crippen molar-refractivity contribution < 1.29 is 0 Å². The van der Waals surface area contributed by atoms with E-state index in [-0.39, 0.29) is 0 Å². The highest BCUT2D eigenvalue weighted by Crippen LogP contribution is 2.41. The zero-order valence-electron chi connectivity index (χ0n) is 14.2. The molecule has 2 aromatic heterocycles. The van der Waals surface area contributed by atoms with Crippen molar-refractivity contribution in [2.45, 2.75) is 32.5 Å². The van der Waals surface area contributed by atoms with Gasteiger partial charge in [0.25, 0.3) is 0 Å². The largest absolute Gasteiger partial charge is 0.375 e. The van der Waals surface area contributed by atoms with Crippen LogP contribution in [0.2, 0.25) is 0 Å². The van der Waals surface area contributed by atoms with Gasteiger partial charge in [0.05, 0.1) is 17.2 Å². The highest BCUT2D eigenvalue weighted by atomic mass is 15.1. The molecule has 0 bridgehead atoms. The smallest absolute Gasteiger partial charge is 0.0722 e. The summed E-state index contributed by atoms with van der Waals surface area (Å²) in [6.07, 6.45) is 4.92. The minimum atomic E-state index is 0.307. The topological polar surface area (TPSA) is 33.1 Å². The predicted molar refractivity (Wildman–Crippen MR) is 97.3 cm³/mol. The Labute approximate surface area is 142 Å². The van der Waals surface area contributed by atoms with Crippen molar-refractivity contribution in [1.29, 1.82) is 0 Å². The number of nitrogens with one attached hydrogen (secondary N) is 1. The average molecular weight is 318 g/mol. The lowest BCUT2D eigenvalue weighted by Crippen LogP contribution is -2.29. The molecule has 0 saturated carbocycles. The zero-order chi connectivity index (χ0) is 16.3. The highest BCUT2D eigenvalue weighted by molar-refractivity contribution is 5.97. The van der Waals surface area contributed by atoms with E-state index in [0.717, 1.165) is 26.1 Å². The lowest BCUT2D eigenvalue weighted by Gasteiger charge is -2.30. The first kappa shape index (κ1) is 14.1. The molecule has 122 valence electrons.